The van der Waals surface area contributed by atoms with E-state index < -0.39 is 0 Å². The predicted octanol–water partition coefficient (Wildman–Crippen LogP) is 1.59. The van der Waals surface area contributed by atoms with Crippen LogP contribution in [0.2, 0.25) is 0 Å². The second-order valence-corrected chi connectivity index (χ2v) is 6.01. The van der Waals surface area contributed by atoms with Crippen molar-refractivity contribution >= 4 is 21.8 Å². The molecule has 0 fully saturated rings. The van der Waals surface area contributed by atoms with Gasteiger partial charge in [-0.05, 0) is 35.0 Å². The second-order valence-electron chi connectivity index (χ2n) is 5.22. The molecule has 0 aromatic heterocycles. The van der Waals surface area contributed by atoms with Crippen LogP contribution in [0.15, 0.2) is 4.47 Å². The molecule has 0 saturated carbocycles. The van der Waals surface area contributed by atoms with Crippen LogP contribution >= 0.6 is 15.9 Å². The van der Waals surface area contributed by atoms with Gasteiger partial charge in [0.05, 0.1) is 11.6 Å². The summed E-state index contributed by atoms with van der Waals surface area (Å²) in [5.74, 6) is 1.56. The molecular formula is C14H17BrN2O4. The second kappa shape index (κ2) is 5.38. The number of rotatable bonds is 3. The minimum absolute atomic E-state index is 0.119. The number of amides is 1. The number of halogens is 1. The number of carbonyl (C=O) groups excluding carboxylic acids is 1. The summed E-state index contributed by atoms with van der Waals surface area (Å²) in [4.78, 5) is 13.5. The molecule has 3 rings (SSSR count). The molecule has 0 spiro atoms. The molecule has 2 aliphatic heterocycles. The monoisotopic (exact) mass is 356 g/mol. The number of fused-ring (bicyclic) bond motifs is 2. The van der Waals surface area contributed by atoms with Crippen molar-refractivity contribution in [3.8, 4) is 17.2 Å². The third-order valence-electron chi connectivity index (χ3n) is 4.03. The highest BCUT2D eigenvalue weighted by molar-refractivity contribution is 9.10. The van der Waals surface area contributed by atoms with Gasteiger partial charge in [-0.1, -0.05) is 0 Å². The molecule has 114 valence electrons. The Labute approximate surface area is 131 Å². The van der Waals surface area contributed by atoms with Gasteiger partial charge < -0.3 is 19.9 Å². The van der Waals surface area contributed by atoms with Crippen molar-refractivity contribution in [3.63, 3.8) is 0 Å². The normalized spacial score (nSPS) is 20.2. The van der Waals surface area contributed by atoms with Crippen molar-refractivity contribution in [2.24, 2.45) is 5.73 Å². The number of hydrogen-bond acceptors (Lipinski definition) is 5. The third kappa shape index (κ3) is 2.24. The third-order valence-corrected chi connectivity index (χ3v) is 4.87. The fourth-order valence-corrected chi connectivity index (χ4v) is 3.74. The van der Waals surface area contributed by atoms with Crippen molar-refractivity contribution in [2.75, 3.05) is 27.5 Å². The summed E-state index contributed by atoms with van der Waals surface area (Å²) in [5, 5.41) is 0. The molecule has 6 nitrogen and oxygen atoms in total. The average molecular weight is 357 g/mol. The SMILES string of the molecule is COc1c2c(c(Br)c3c1C(CC(N)=O)N(C)CC3)OCO2. The van der Waals surface area contributed by atoms with Crippen molar-refractivity contribution in [3.05, 3.63) is 15.6 Å². The van der Waals surface area contributed by atoms with Gasteiger partial charge in [0.2, 0.25) is 18.4 Å². The number of likely N-dealkylation sites (N-methyl/N-ethyl adjacent to an activating group) is 1. The molecule has 2 aliphatic rings. The standard InChI is InChI=1S/C14H17BrN2O4/c1-17-4-3-7-10(8(17)5-9(16)18)12(19-2)14-13(11(7)15)20-6-21-14/h8H,3-6H2,1-2H3,(H2,16,18). The number of hydrogen-bond donors (Lipinski definition) is 1. The highest BCUT2D eigenvalue weighted by Gasteiger charge is 2.37. The lowest BCUT2D eigenvalue weighted by molar-refractivity contribution is -0.119. The lowest BCUT2D eigenvalue weighted by Crippen LogP contribution is -2.35. The first-order valence-electron chi connectivity index (χ1n) is 6.71. The molecule has 1 aromatic carbocycles. The number of nitrogens with zero attached hydrogens (tertiary/aromatic N) is 1. The van der Waals surface area contributed by atoms with E-state index in [1.807, 2.05) is 7.05 Å². The summed E-state index contributed by atoms with van der Waals surface area (Å²) in [6, 6.07) is -0.119. The summed E-state index contributed by atoms with van der Waals surface area (Å²) in [5.41, 5.74) is 7.47. The van der Waals surface area contributed by atoms with Crippen molar-refractivity contribution in [1.29, 1.82) is 0 Å². The minimum atomic E-state index is -0.337. The van der Waals surface area contributed by atoms with E-state index in [0.29, 0.717) is 17.2 Å². The van der Waals surface area contributed by atoms with Crippen LogP contribution in [0.4, 0.5) is 0 Å². The predicted molar refractivity (Wildman–Crippen MR) is 79.7 cm³/mol. The highest BCUT2D eigenvalue weighted by Crippen LogP contribution is 2.54. The Morgan fingerprint density at radius 2 is 2.19 bits per heavy atom. The average Bonchev–Trinajstić information content (AvgIpc) is 2.92. The summed E-state index contributed by atoms with van der Waals surface area (Å²) < 4.78 is 17.5. The Morgan fingerprint density at radius 1 is 1.48 bits per heavy atom. The summed E-state index contributed by atoms with van der Waals surface area (Å²) in [7, 11) is 3.58. The van der Waals surface area contributed by atoms with E-state index in [9.17, 15) is 4.79 Å². The maximum Gasteiger partial charge on any atom is 0.231 e. The molecule has 0 radical (unpaired) electrons. The van der Waals surface area contributed by atoms with Crippen LogP contribution in [0.25, 0.3) is 0 Å². The highest BCUT2D eigenvalue weighted by atomic mass is 79.9. The van der Waals surface area contributed by atoms with E-state index in [1.54, 1.807) is 7.11 Å². The quantitative estimate of drug-likeness (QED) is 0.890. The smallest absolute Gasteiger partial charge is 0.231 e. The first-order chi connectivity index (χ1) is 10.0. The molecule has 0 saturated heterocycles. The van der Waals surface area contributed by atoms with E-state index in [4.69, 9.17) is 19.9 Å². The van der Waals surface area contributed by atoms with Crippen LogP contribution in [-0.2, 0) is 11.2 Å². The van der Waals surface area contributed by atoms with Gasteiger partial charge >= 0.3 is 0 Å². The number of methoxy groups -OCH3 is 1. The molecule has 1 atom stereocenters. The van der Waals surface area contributed by atoms with E-state index in [0.717, 1.165) is 28.6 Å². The molecule has 21 heavy (non-hydrogen) atoms. The van der Waals surface area contributed by atoms with Crippen LogP contribution in [0.3, 0.4) is 0 Å². The number of primary amides is 1. The Kier molecular flexibility index (Phi) is 3.71. The summed E-state index contributed by atoms with van der Waals surface area (Å²) in [6.07, 6.45) is 1.08. The van der Waals surface area contributed by atoms with Crippen molar-refractivity contribution in [1.82, 2.24) is 4.90 Å². The maximum atomic E-state index is 11.4. The first-order valence-corrected chi connectivity index (χ1v) is 7.50. The lowest BCUT2D eigenvalue weighted by Gasteiger charge is -2.35. The number of ether oxygens (including phenoxy) is 3. The number of nitrogens with two attached hydrogens (primary N) is 1. The number of carbonyl (C=O) groups is 1. The molecule has 1 aromatic rings. The van der Waals surface area contributed by atoms with Crippen LogP contribution in [-0.4, -0.2) is 38.3 Å². The topological polar surface area (TPSA) is 74.0 Å². The maximum absolute atomic E-state index is 11.4. The minimum Gasteiger partial charge on any atom is -0.492 e. The lowest BCUT2D eigenvalue weighted by atomic mass is 9.89. The van der Waals surface area contributed by atoms with Gasteiger partial charge in [0.15, 0.2) is 11.5 Å². The molecule has 1 unspecified atom stereocenters. The van der Waals surface area contributed by atoms with E-state index >= 15 is 0 Å². The molecule has 1 amide bonds. The van der Waals surface area contributed by atoms with Gasteiger partial charge in [0.25, 0.3) is 0 Å². The largest absolute Gasteiger partial charge is 0.492 e. The molecule has 2 heterocycles. The zero-order valence-corrected chi connectivity index (χ0v) is 13.5. The Morgan fingerprint density at radius 3 is 2.86 bits per heavy atom. The van der Waals surface area contributed by atoms with Gasteiger partial charge in [-0.3, -0.25) is 9.69 Å². The van der Waals surface area contributed by atoms with Gasteiger partial charge in [0.1, 0.15) is 0 Å². The van der Waals surface area contributed by atoms with Crippen LogP contribution < -0.4 is 19.9 Å². The molecule has 7 heteroatoms. The van der Waals surface area contributed by atoms with Gasteiger partial charge in [-0.15, -0.1) is 0 Å². The fourth-order valence-electron chi connectivity index (χ4n) is 3.04. The zero-order valence-electron chi connectivity index (χ0n) is 11.9. The van der Waals surface area contributed by atoms with Crippen LogP contribution in [0.5, 0.6) is 17.2 Å². The van der Waals surface area contributed by atoms with Crippen LogP contribution in [0.1, 0.15) is 23.6 Å². The summed E-state index contributed by atoms with van der Waals surface area (Å²) in [6.45, 7) is 1.01. The molecule has 0 aliphatic carbocycles. The van der Waals surface area contributed by atoms with E-state index in [1.165, 1.54) is 0 Å². The Hall–Kier alpha value is -1.47. The zero-order chi connectivity index (χ0) is 15.1. The van der Waals surface area contributed by atoms with Gasteiger partial charge in [-0.25, -0.2) is 0 Å². The van der Waals surface area contributed by atoms with E-state index in [-0.39, 0.29) is 25.2 Å². The fraction of sp³-hybridized carbons (Fsp3) is 0.500. The van der Waals surface area contributed by atoms with E-state index in [2.05, 4.69) is 20.8 Å². The first kappa shape index (κ1) is 14.5. The Balaban J connectivity index is 2.22. The Bertz CT molecular complexity index is 605. The summed E-state index contributed by atoms with van der Waals surface area (Å²) >= 11 is 3.60. The van der Waals surface area contributed by atoms with Gasteiger partial charge in [-0.2, -0.15) is 0 Å². The molecule has 2 N–H and O–H groups in total. The molecular weight excluding hydrogens is 340 g/mol. The molecule has 0 bridgehead atoms. The van der Waals surface area contributed by atoms with Crippen LogP contribution in [0, 0.1) is 0 Å². The van der Waals surface area contributed by atoms with Crippen molar-refractivity contribution < 1.29 is 19.0 Å². The van der Waals surface area contributed by atoms with Gasteiger partial charge in [0, 0.05) is 24.6 Å². The number of benzene rings is 1. The van der Waals surface area contributed by atoms with Crippen molar-refractivity contribution in [2.45, 2.75) is 18.9 Å².